The SMILES string of the molecule is COc1cc(N2CC(C)n3c(c(CCCOc4cc(C)c(Cl)c(C)c4)c4ccc(Cl)c(-c5c(C)ncnc5C)c43)C2=O)c2c(c1)cc(C(=O)O)n2Cc1cccc(C)n1. The molecule has 0 aliphatic carbocycles. The summed E-state index contributed by atoms with van der Waals surface area (Å²) in [6, 6.07) is 18.4. The van der Waals surface area contributed by atoms with Crippen molar-refractivity contribution in [2.24, 2.45) is 0 Å². The number of anilines is 1. The monoisotopic (exact) mass is 830 g/mol. The number of carbonyl (C=O) groups excluding carboxylic acids is 1. The number of benzene rings is 3. The number of carbonyl (C=O) groups is 2. The Morgan fingerprint density at radius 3 is 2.32 bits per heavy atom. The van der Waals surface area contributed by atoms with Crippen LogP contribution in [0.1, 0.15) is 79.8 Å². The number of rotatable bonds is 11. The average Bonchev–Trinajstić information content (AvgIpc) is 3.73. The van der Waals surface area contributed by atoms with Crippen LogP contribution in [-0.4, -0.2) is 61.3 Å². The molecule has 3 aromatic carbocycles. The molecule has 59 heavy (non-hydrogen) atoms. The van der Waals surface area contributed by atoms with Crippen LogP contribution in [0.3, 0.4) is 0 Å². The number of methoxy groups -OCH3 is 1. The number of halogens is 2. The van der Waals surface area contributed by atoms with Crippen LogP contribution < -0.4 is 14.4 Å². The van der Waals surface area contributed by atoms with Crippen LogP contribution in [0.5, 0.6) is 11.5 Å². The Bertz CT molecular complexity index is 2800. The number of carboxylic acid groups (broad SMARTS) is 1. The third-order valence-electron chi connectivity index (χ3n) is 11.2. The van der Waals surface area contributed by atoms with E-state index in [0.29, 0.717) is 58.2 Å². The van der Waals surface area contributed by atoms with Gasteiger partial charge < -0.3 is 28.6 Å². The van der Waals surface area contributed by atoms with Crippen molar-refractivity contribution in [1.82, 2.24) is 24.1 Å². The van der Waals surface area contributed by atoms with E-state index in [2.05, 4.69) is 26.4 Å². The fourth-order valence-electron chi connectivity index (χ4n) is 8.64. The first-order valence-electron chi connectivity index (χ1n) is 19.5. The summed E-state index contributed by atoms with van der Waals surface area (Å²) in [6.07, 6.45) is 2.67. The third kappa shape index (κ3) is 7.06. The number of aromatic nitrogens is 5. The number of aryl methyl sites for hydroxylation is 6. The highest BCUT2D eigenvalue weighted by molar-refractivity contribution is 6.35. The molecule has 1 unspecified atom stereocenters. The number of fused-ring (bicyclic) bond motifs is 4. The number of aromatic carboxylic acids is 1. The predicted octanol–water partition coefficient (Wildman–Crippen LogP) is 10.3. The second kappa shape index (κ2) is 15.7. The summed E-state index contributed by atoms with van der Waals surface area (Å²) >= 11 is 13.6. The molecule has 1 N–H and O–H groups in total. The summed E-state index contributed by atoms with van der Waals surface area (Å²) in [7, 11) is 1.56. The van der Waals surface area contributed by atoms with Gasteiger partial charge in [0, 0.05) is 62.7 Å². The van der Waals surface area contributed by atoms with Crippen molar-refractivity contribution in [3.63, 3.8) is 0 Å². The first-order valence-corrected chi connectivity index (χ1v) is 20.2. The molecule has 1 aliphatic rings. The maximum Gasteiger partial charge on any atom is 0.352 e. The molecule has 0 bridgehead atoms. The molecule has 1 amide bonds. The number of ether oxygens (including phenoxy) is 2. The van der Waals surface area contributed by atoms with Crippen LogP contribution in [-0.2, 0) is 13.0 Å². The molecule has 7 aromatic rings. The lowest BCUT2D eigenvalue weighted by atomic mass is 9.97. The fourth-order valence-corrected chi connectivity index (χ4v) is 8.99. The molecule has 0 saturated carbocycles. The molecular weight excluding hydrogens is 787 g/mol. The molecule has 4 aromatic heterocycles. The molecular formula is C46H44Cl2N6O5. The Hall–Kier alpha value is -5.91. The van der Waals surface area contributed by atoms with Crippen molar-refractivity contribution in [2.45, 2.75) is 67.0 Å². The molecule has 0 spiro atoms. The molecule has 8 rings (SSSR count). The summed E-state index contributed by atoms with van der Waals surface area (Å²) in [4.78, 5) is 43.8. The van der Waals surface area contributed by atoms with Gasteiger partial charge in [-0.05, 0) is 114 Å². The van der Waals surface area contributed by atoms with Gasteiger partial charge in [0.05, 0.1) is 47.7 Å². The quantitative estimate of drug-likeness (QED) is 0.128. The van der Waals surface area contributed by atoms with E-state index in [4.69, 9.17) is 32.7 Å². The Morgan fingerprint density at radius 1 is 0.915 bits per heavy atom. The highest BCUT2D eigenvalue weighted by Crippen LogP contribution is 2.46. The van der Waals surface area contributed by atoms with Crippen molar-refractivity contribution in [3.05, 3.63) is 128 Å². The van der Waals surface area contributed by atoms with Crippen LogP contribution in [0.25, 0.3) is 32.9 Å². The predicted molar refractivity (Wildman–Crippen MR) is 232 cm³/mol. The van der Waals surface area contributed by atoms with E-state index in [0.717, 1.165) is 66.6 Å². The van der Waals surface area contributed by atoms with Gasteiger partial charge in [0.2, 0.25) is 0 Å². The standard InChI is InChI=1S/C46H44Cl2N6O5/c1-24-16-33(17-25(2)41(24)48)59-15-9-12-34-35-13-14-36(47)40(39-28(5)49-23-50-29(39)6)43(35)54-27(4)21-53(45(55)44(34)54)37-20-32(58-7)18-30-19-38(46(56)57)52(42(30)37)22-31-11-8-10-26(3)51-31/h8,10-11,13-14,16-20,23,27H,9,12,15,21-22H2,1-7H3,(H,56,57). The molecule has 1 aliphatic heterocycles. The number of nitrogens with zero attached hydrogens (tertiary/aromatic N) is 6. The van der Waals surface area contributed by atoms with Gasteiger partial charge in [-0.25, -0.2) is 14.8 Å². The van der Waals surface area contributed by atoms with Crippen LogP contribution in [0.15, 0.2) is 67.0 Å². The van der Waals surface area contributed by atoms with E-state index in [9.17, 15) is 9.90 Å². The lowest BCUT2D eigenvalue weighted by Gasteiger charge is -2.35. The molecule has 11 nitrogen and oxygen atoms in total. The lowest BCUT2D eigenvalue weighted by Crippen LogP contribution is -2.43. The number of amides is 1. The van der Waals surface area contributed by atoms with Gasteiger partial charge >= 0.3 is 5.97 Å². The van der Waals surface area contributed by atoms with Gasteiger partial charge in [-0.3, -0.25) is 9.78 Å². The fraction of sp³-hybridized carbons (Fsp3) is 0.283. The highest BCUT2D eigenvalue weighted by atomic mass is 35.5. The van der Waals surface area contributed by atoms with Gasteiger partial charge in [-0.1, -0.05) is 35.3 Å². The first kappa shape index (κ1) is 39.9. The second-order valence-electron chi connectivity index (χ2n) is 15.3. The van der Waals surface area contributed by atoms with E-state index in [1.54, 1.807) is 35.0 Å². The number of carboxylic acids is 1. The van der Waals surface area contributed by atoms with Crippen molar-refractivity contribution in [1.29, 1.82) is 0 Å². The zero-order chi connectivity index (χ0) is 41.9. The van der Waals surface area contributed by atoms with Gasteiger partial charge in [0.15, 0.2) is 0 Å². The molecule has 13 heteroatoms. The number of hydrogen-bond donors (Lipinski definition) is 1. The van der Waals surface area contributed by atoms with Crippen molar-refractivity contribution >= 4 is 62.6 Å². The van der Waals surface area contributed by atoms with E-state index in [1.165, 1.54) is 0 Å². The minimum atomic E-state index is -1.09. The largest absolute Gasteiger partial charge is 0.497 e. The van der Waals surface area contributed by atoms with Crippen LogP contribution in [0.2, 0.25) is 10.0 Å². The minimum Gasteiger partial charge on any atom is -0.497 e. The minimum absolute atomic E-state index is 0.0753. The summed E-state index contributed by atoms with van der Waals surface area (Å²) in [5, 5.41) is 13.3. The Labute approximate surface area is 352 Å². The number of pyridine rings is 1. The molecule has 0 saturated heterocycles. The topological polar surface area (TPSA) is 125 Å². The molecule has 1 atom stereocenters. The zero-order valence-corrected chi connectivity index (χ0v) is 35.5. The summed E-state index contributed by atoms with van der Waals surface area (Å²) in [6.45, 7) is 12.6. The van der Waals surface area contributed by atoms with Gasteiger partial charge in [0.25, 0.3) is 5.91 Å². The van der Waals surface area contributed by atoms with Crippen LogP contribution in [0, 0.1) is 34.6 Å². The molecule has 0 fully saturated rings. The first-order chi connectivity index (χ1) is 28.3. The molecule has 0 radical (unpaired) electrons. The zero-order valence-electron chi connectivity index (χ0n) is 34.0. The van der Waals surface area contributed by atoms with Gasteiger partial charge in [-0.15, -0.1) is 0 Å². The Kier molecular flexibility index (Phi) is 10.6. The van der Waals surface area contributed by atoms with Crippen molar-refractivity contribution in [3.8, 4) is 22.6 Å². The lowest BCUT2D eigenvalue weighted by molar-refractivity contribution is 0.0686. The smallest absolute Gasteiger partial charge is 0.352 e. The Morgan fingerprint density at radius 2 is 1.64 bits per heavy atom. The third-order valence-corrected chi connectivity index (χ3v) is 12.1. The van der Waals surface area contributed by atoms with Crippen molar-refractivity contribution in [2.75, 3.05) is 25.2 Å². The van der Waals surface area contributed by atoms with E-state index in [-0.39, 0.29) is 30.7 Å². The van der Waals surface area contributed by atoms with E-state index >= 15 is 4.79 Å². The number of hydrogen-bond acceptors (Lipinski definition) is 7. The Balaban J connectivity index is 1.31. The molecule has 302 valence electrons. The van der Waals surface area contributed by atoms with Crippen LogP contribution >= 0.6 is 23.2 Å². The average molecular weight is 832 g/mol. The highest BCUT2D eigenvalue weighted by Gasteiger charge is 2.38. The maximum absolute atomic E-state index is 15.5. The second-order valence-corrected chi connectivity index (χ2v) is 16.1. The van der Waals surface area contributed by atoms with Crippen molar-refractivity contribution < 1.29 is 24.2 Å². The maximum atomic E-state index is 15.5. The van der Waals surface area contributed by atoms with Crippen LogP contribution in [0.4, 0.5) is 5.69 Å². The normalized spacial score (nSPS) is 14.0. The molecule has 5 heterocycles. The van der Waals surface area contributed by atoms with E-state index < -0.39 is 5.97 Å². The van der Waals surface area contributed by atoms with E-state index in [1.807, 2.05) is 83.1 Å². The summed E-state index contributed by atoms with van der Waals surface area (Å²) in [5.41, 5.74) is 9.99. The summed E-state index contributed by atoms with van der Waals surface area (Å²) in [5.74, 6) is -0.0897. The van der Waals surface area contributed by atoms with Gasteiger partial charge in [-0.2, -0.15) is 0 Å². The summed E-state index contributed by atoms with van der Waals surface area (Å²) < 4.78 is 15.9. The van der Waals surface area contributed by atoms with Gasteiger partial charge in [0.1, 0.15) is 29.2 Å².